The fraction of sp³-hybridized carbons (Fsp3) is 0.857. The van der Waals surface area contributed by atoms with Gasteiger partial charge in [0, 0.05) is 45.9 Å². The van der Waals surface area contributed by atoms with E-state index in [0.29, 0.717) is 19.5 Å². The molecule has 2 amide bonds. The van der Waals surface area contributed by atoms with Gasteiger partial charge in [-0.05, 0) is 6.42 Å². The molecule has 0 aliphatic carbocycles. The lowest BCUT2D eigenvalue weighted by atomic mass is 10.00. The number of rotatable bonds is 4. The average Bonchev–Trinajstić information content (AvgIpc) is 2.81. The molecule has 1 unspecified atom stereocenters. The molecule has 1 atom stereocenters. The van der Waals surface area contributed by atoms with E-state index >= 15 is 0 Å². The highest BCUT2D eigenvalue weighted by atomic mass is 19.3. The van der Waals surface area contributed by atoms with Crippen LogP contribution >= 0.6 is 0 Å². The summed E-state index contributed by atoms with van der Waals surface area (Å²) in [6, 6.07) is 0. The SMILES string of the molecule is CC(=O)NCC(=O)N1CCC(O)(CN2CCC(F)(F)CC2)C1. The minimum Gasteiger partial charge on any atom is -0.387 e. The molecule has 2 aliphatic rings. The van der Waals surface area contributed by atoms with Crippen LogP contribution in [0.5, 0.6) is 0 Å². The van der Waals surface area contributed by atoms with Gasteiger partial charge in [0.25, 0.3) is 5.92 Å². The molecule has 0 saturated carbocycles. The summed E-state index contributed by atoms with van der Waals surface area (Å²) < 4.78 is 26.3. The molecular weight excluding hydrogens is 296 g/mol. The Morgan fingerprint density at radius 1 is 1.18 bits per heavy atom. The molecule has 2 saturated heterocycles. The van der Waals surface area contributed by atoms with Gasteiger partial charge in [0.15, 0.2) is 0 Å². The van der Waals surface area contributed by atoms with Crippen molar-refractivity contribution in [2.75, 3.05) is 39.3 Å². The summed E-state index contributed by atoms with van der Waals surface area (Å²) in [5.74, 6) is -3.12. The summed E-state index contributed by atoms with van der Waals surface area (Å²) in [7, 11) is 0. The molecule has 6 nitrogen and oxygen atoms in total. The van der Waals surface area contributed by atoms with E-state index in [0.717, 1.165) is 0 Å². The molecule has 0 aromatic heterocycles. The van der Waals surface area contributed by atoms with Gasteiger partial charge in [-0.15, -0.1) is 0 Å². The van der Waals surface area contributed by atoms with Gasteiger partial charge in [-0.2, -0.15) is 0 Å². The van der Waals surface area contributed by atoms with Crippen LogP contribution < -0.4 is 5.32 Å². The Morgan fingerprint density at radius 2 is 1.82 bits per heavy atom. The molecule has 0 aromatic rings. The van der Waals surface area contributed by atoms with Crippen LogP contribution in [0.25, 0.3) is 0 Å². The summed E-state index contributed by atoms with van der Waals surface area (Å²) in [6.07, 6.45) is 0.0498. The van der Waals surface area contributed by atoms with E-state index < -0.39 is 11.5 Å². The minimum absolute atomic E-state index is 0.0820. The Bertz CT molecular complexity index is 437. The summed E-state index contributed by atoms with van der Waals surface area (Å²) in [5.41, 5.74) is -1.06. The highest BCUT2D eigenvalue weighted by Crippen LogP contribution is 2.30. The molecule has 2 N–H and O–H groups in total. The van der Waals surface area contributed by atoms with Crippen LogP contribution in [0.4, 0.5) is 8.78 Å². The molecule has 2 fully saturated rings. The van der Waals surface area contributed by atoms with E-state index in [9.17, 15) is 23.5 Å². The van der Waals surface area contributed by atoms with E-state index in [1.807, 2.05) is 4.90 Å². The normalized spacial score (nSPS) is 28.6. The van der Waals surface area contributed by atoms with Crippen molar-refractivity contribution in [3.63, 3.8) is 0 Å². The fourth-order valence-electron chi connectivity index (χ4n) is 2.96. The van der Waals surface area contributed by atoms with E-state index in [-0.39, 0.29) is 50.8 Å². The Kier molecular flexibility index (Phi) is 5.01. The van der Waals surface area contributed by atoms with Crippen LogP contribution in [0.2, 0.25) is 0 Å². The van der Waals surface area contributed by atoms with Crippen LogP contribution in [0.15, 0.2) is 0 Å². The van der Waals surface area contributed by atoms with E-state index in [2.05, 4.69) is 5.32 Å². The van der Waals surface area contributed by atoms with Crippen molar-refractivity contribution in [3.8, 4) is 0 Å². The van der Waals surface area contributed by atoms with Crippen molar-refractivity contribution in [2.24, 2.45) is 0 Å². The van der Waals surface area contributed by atoms with Crippen molar-refractivity contribution in [2.45, 2.75) is 37.7 Å². The van der Waals surface area contributed by atoms with Crippen LogP contribution in [0.1, 0.15) is 26.2 Å². The predicted octanol–water partition coefficient (Wildman–Crippen LogP) is -0.183. The zero-order valence-electron chi connectivity index (χ0n) is 12.8. The van der Waals surface area contributed by atoms with Gasteiger partial charge in [-0.1, -0.05) is 0 Å². The number of halogens is 2. The Labute approximate surface area is 128 Å². The number of piperidine rings is 1. The predicted molar refractivity (Wildman–Crippen MR) is 75.5 cm³/mol. The summed E-state index contributed by atoms with van der Waals surface area (Å²) in [5, 5.41) is 13.0. The number of nitrogens with one attached hydrogen (secondary N) is 1. The second-order valence-corrected chi connectivity index (χ2v) is 6.33. The lowest BCUT2D eigenvalue weighted by Crippen LogP contribution is -2.50. The maximum absolute atomic E-state index is 13.1. The number of carbonyl (C=O) groups is 2. The number of hydrogen-bond donors (Lipinski definition) is 2. The van der Waals surface area contributed by atoms with Crippen molar-refractivity contribution < 1.29 is 23.5 Å². The zero-order chi connectivity index (χ0) is 16.4. The average molecular weight is 319 g/mol. The highest BCUT2D eigenvalue weighted by molar-refractivity contribution is 5.83. The van der Waals surface area contributed by atoms with Crippen molar-refractivity contribution in [1.29, 1.82) is 0 Å². The molecule has 0 bridgehead atoms. The third-order valence-corrected chi connectivity index (χ3v) is 4.28. The van der Waals surface area contributed by atoms with E-state index in [1.165, 1.54) is 11.8 Å². The minimum atomic E-state index is -2.60. The molecule has 0 aromatic carbocycles. The van der Waals surface area contributed by atoms with Gasteiger partial charge in [-0.3, -0.25) is 14.5 Å². The lowest BCUT2D eigenvalue weighted by molar-refractivity contribution is -0.132. The standard InChI is InChI=1S/C14H23F2N3O3/c1-11(20)17-8-12(21)19-7-2-13(22,10-19)9-18-5-3-14(15,16)4-6-18/h22H,2-10H2,1H3,(H,17,20). The Morgan fingerprint density at radius 3 is 2.41 bits per heavy atom. The summed E-state index contributed by atoms with van der Waals surface area (Å²) >= 11 is 0. The fourth-order valence-corrected chi connectivity index (χ4v) is 2.96. The van der Waals surface area contributed by atoms with Crippen LogP contribution in [0.3, 0.4) is 0 Å². The van der Waals surface area contributed by atoms with Gasteiger partial charge in [0.2, 0.25) is 11.8 Å². The molecule has 2 rings (SSSR count). The molecule has 8 heteroatoms. The van der Waals surface area contributed by atoms with Crippen molar-refractivity contribution >= 4 is 11.8 Å². The second kappa shape index (κ2) is 6.45. The van der Waals surface area contributed by atoms with Gasteiger partial charge < -0.3 is 15.3 Å². The lowest BCUT2D eigenvalue weighted by Gasteiger charge is -2.36. The number of hydrogen-bond acceptors (Lipinski definition) is 4. The summed E-state index contributed by atoms with van der Waals surface area (Å²) in [6.45, 7) is 2.66. The van der Waals surface area contributed by atoms with Crippen LogP contribution in [-0.4, -0.2) is 77.5 Å². The van der Waals surface area contributed by atoms with Gasteiger partial charge in [0.1, 0.15) is 0 Å². The number of β-amino-alcohol motifs (C(OH)–C–C–N with tert-alkyl or cyclic N) is 1. The monoisotopic (exact) mass is 319 g/mol. The van der Waals surface area contributed by atoms with E-state index in [4.69, 9.17) is 0 Å². The van der Waals surface area contributed by atoms with Gasteiger partial charge >= 0.3 is 0 Å². The van der Waals surface area contributed by atoms with Crippen molar-refractivity contribution in [3.05, 3.63) is 0 Å². The number of likely N-dealkylation sites (tertiary alicyclic amines) is 2. The Hall–Kier alpha value is -1.28. The largest absolute Gasteiger partial charge is 0.387 e. The zero-order valence-corrected chi connectivity index (χ0v) is 12.8. The Balaban J connectivity index is 1.80. The number of alkyl halides is 2. The maximum atomic E-state index is 13.1. The number of aliphatic hydroxyl groups is 1. The number of amides is 2. The molecular formula is C14H23F2N3O3. The molecule has 126 valence electrons. The third-order valence-electron chi connectivity index (χ3n) is 4.28. The first kappa shape index (κ1) is 17.1. The van der Waals surface area contributed by atoms with Gasteiger partial charge in [0.05, 0.1) is 18.7 Å². The van der Waals surface area contributed by atoms with Gasteiger partial charge in [-0.25, -0.2) is 8.78 Å². The molecule has 2 aliphatic heterocycles. The molecule has 2 heterocycles. The molecule has 0 radical (unpaired) electrons. The first-order valence-electron chi connectivity index (χ1n) is 7.54. The molecule has 22 heavy (non-hydrogen) atoms. The van der Waals surface area contributed by atoms with E-state index in [1.54, 1.807) is 0 Å². The first-order valence-corrected chi connectivity index (χ1v) is 7.54. The number of carbonyl (C=O) groups excluding carboxylic acids is 2. The first-order chi connectivity index (χ1) is 10.2. The molecule has 0 spiro atoms. The quantitative estimate of drug-likeness (QED) is 0.754. The van der Waals surface area contributed by atoms with Crippen molar-refractivity contribution in [1.82, 2.24) is 15.1 Å². The third kappa shape index (κ3) is 4.61. The van der Waals surface area contributed by atoms with Crippen LogP contribution in [0, 0.1) is 0 Å². The topological polar surface area (TPSA) is 72.9 Å². The second-order valence-electron chi connectivity index (χ2n) is 6.33. The smallest absolute Gasteiger partial charge is 0.250 e. The highest BCUT2D eigenvalue weighted by Gasteiger charge is 2.41. The van der Waals surface area contributed by atoms with Crippen LogP contribution in [-0.2, 0) is 9.59 Å². The maximum Gasteiger partial charge on any atom is 0.250 e. The summed E-state index contributed by atoms with van der Waals surface area (Å²) in [4.78, 5) is 26.0. The number of nitrogens with zero attached hydrogens (tertiary/aromatic N) is 2.